The number of hydrogen-bond donors (Lipinski definition) is 1. The minimum atomic E-state index is -5.98. The van der Waals surface area contributed by atoms with E-state index in [1.807, 2.05) is 0 Å². The van der Waals surface area contributed by atoms with Crippen LogP contribution in [0.25, 0.3) is 0 Å². The summed E-state index contributed by atoms with van der Waals surface area (Å²) in [5.41, 5.74) is -6.41. The molecule has 150 valence electrons. The number of rotatable bonds is 6. The molecule has 0 radical (unpaired) electrons. The first-order chi connectivity index (χ1) is 11.9. The molecule has 1 saturated heterocycles. The summed E-state index contributed by atoms with van der Waals surface area (Å²) in [6.07, 6.45) is 2.43. The second kappa shape index (κ2) is 5.56. The standard InChI is InChI=1S/C14H20F3NO6S2/c15-14(16,17)26(21,22)18-25(19,20)13-4-9-1-10(5-13)3-12(2-9,8-13)24-7-11-6-23-11/h9-11,18H,1-8H2. The molecule has 0 spiro atoms. The van der Waals surface area contributed by atoms with E-state index in [2.05, 4.69) is 0 Å². The van der Waals surface area contributed by atoms with Gasteiger partial charge in [-0.1, -0.05) is 0 Å². The lowest BCUT2D eigenvalue weighted by atomic mass is 9.53. The third-order valence-corrected chi connectivity index (χ3v) is 10.0. The highest BCUT2D eigenvalue weighted by atomic mass is 32.3. The molecule has 7 nitrogen and oxygen atoms in total. The van der Waals surface area contributed by atoms with Crippen LogP contribution in [-0.4, -0.2) is 52.0 Å². The Hall–Kier alpha value is -0.430. The van der Waals surface area contributed by atoms with Crippen molar-refractivity contribution in [3.05, 3.63) is 0 Å². The van der Waals surface area contributed by atoms with Crippen molar-refractivity contribution in [3.8, 4) is 0 Å². The fourth-order valence-corrected chi connectivity index (χ4v) is 8.90. The summed E-state index contributed by atoms with van der Waals surface area (Å²) in [5, 5.41) is 0. The predicted octanol–water partition coefficient (Wildman–Crippen LogP) is 1.26. The van der Waals surface area contributed by atoms with Crippen molar-refractivity contribution in [2.24, 2.45) is 11.8 Å². The molecule has 0 amide bonds. The average Bonchev–Trinajstić information content (AvgIpc) is 3.25. The molecule has 5 fully saturated rings. The first kappa shape index (κ1) is 18.9. The van der Waals surface area contributed by atoms with E-state index in [0.29, 0.717) is 26.1 Å². The predicted molar refractivity (Wildman–Crippen MR) is 82.9 cm³/mol. The Kier molecular flexibility index (Phi) is 4.04. The molecular formula is C14H20F3NO6S2. The highest BCUT2D eigenvalue weighted by molar-refractivity contribution is 8.05. The second-order valence-corrected chi connectivity index (χ2v) is 12.1. The minimum Gasteiger partial charge on any atom is -0.372 e. The largest absolute Gasteiger partial charge is 0.512 e. The lowest BCUT2D eigenvalue weighted by Crippen LogP contribution is -2.65. The van der Waals surface area contributed by atoms with Gasteiger partial charge in [-0.25, -0.2) is 16.8 Å². The van der Waals surface area contributed by atoms with Crippen molar-refractivity contribution in [1.82, 2.24) is 4.13 Å². The molecule has 4 aliphatic carbocycles. The monoisotopic (exact) mass is 419 g/mol. The number of nitrogens with one attached hydrogen (secondary N) is 1. The summed E-state index contributed by atoms with van der Waals surface area (Å²) < 4.78 is 96.9. The van der Waals surface area contributed by atoms with Gasteiger partial charge in [0.15, 0.2) is 0 Å². The highest BCUT2D eigenvalue weighted by Gasteiger charge is 2.65. The first-order valence-electron chi connectivity index (χ1n) is 8.45. The van der Waals surface area contributed by atoms with Crippen molar-refractivity contribution in [1.29, 1.82) is 0 Å². The van der Waals surface area contributed by atoms with E-state index in [1.54, 1.807) is 0 Å². The van der Waals surface area contributed by atoms with Crippen molar-refractivity contribution >= 4 is 20.0 Å². The molecule has 1 N–H and O–H groups in total. The number of halogens is 3. The van der Waals surface area contributed by atoms with Crippen molar-refractivity contribution in [2.75, 3.05) is 13.2 Å². The fraction of sp³-hybridized carbons (Fsp3) is 1.00. The minimum absolute atomic E-state index is 0.00142. The summed E-state index contributed by atoms with van der Waals surface area (Å²) in [6.45, 7) is 0.904. The molecule has 5 aliphatic rings. The van der Waals surface area contributed by atoms with Crippen LogP contribution in [0.2, 0.25) is 0 Å². The summed E-state index contributed by atoms with van der Waals surface area (Å²) in [5.74, 6) is 0.00285. The van der Waals surface area contributed by atoms with Gasteiger partial charge in [0.05, 0.1) is 23.6 Å². The fourth-order valence-electron chi connectivity index (χ4n) is 5.29. The molecule has 3 atom stereocenters. The molecule has 1 heterocycles. The molecule has 3 unspecified atom stereocenters. The molecule has 26 heavy (non-hydrogen) atoms. The number of sulfonamides is 2. The smallest absolute Gasteiger partial charge is 0.372 e. The van der Waals surface area contributed by atoms with Crippen LogP contribution in [-0.2, 0) is 29.5 Å². The van der Waals surface area contributed by atoms with Gasteiger partial charge in [-0.3, -0.25) is 0 Å². The van der Waals surface area contributed by atoms with Crippen LogP contribution in [0.3, 0.4) is 0 Å². The van der Waals surface area contributed by atoms with Gasteiger partial charge in [0.1, 0.15) is 6.10 Å². The Morgan fingerprint density at radius 3 is 2.15 bits per heavy atom. The molecule has 0 aromatic rings. The van der Waals surface area contributed by atoms with Crippen LogP contribution < -0.4 is 4.13 Å². The van der Waals surface area contributed by atoms with Crippen LogP contribution in [0, 0.1) is 11.8 Å². The number of hydrogen-bond acceptors (Lipinski definition) is 6. The highest BCUT2D eigenvalue weighted by Crippen LogP contribution is 2.61. The Morgan fingerprint density at radius 2 is 1.65 bits per heavy atom. The van der Waals surface area contributed by atoms with Crippen LogP contribution >= 0.6 is 0 Å². The van der Waals surface area contributed by atoms with Gasteiger partial charge in [0.2, 0.25) is 10.0 Å². The van der Waals surface area contributed by atoms with Crippen molar-refractivity contribution in [3.63, 3.8) is 0 Å². The second-order valence-electron chi connectivity index (χ2n) is 8.13. The third-order valence-electron chi connectivity index (χ3n) is 6.03. The van der Waals surface area contributed by atoms with Gasteiger partial charge >= 0.3 is 15.5 Å². The van der Waals surface area contributed by atoms with Crippen molar-refractivity contribution in [2.45, 2.75) is 60.5 Å². The van der Waals surface area contributed by atoms with Crippen molar-refractivity contribution < 1.29 is 39.5 Å². The van der Waals surface area contributed by atoms with Crippen LogP contribution in [0.5, 0.6) is 0 Å². The van der Waals surface area contributed by atoms with Crippen LogP contribution in [0.4, 0.5) is 13.2 Å². The lowest BCUT2D eigenvalue weighted by molar-refractivity contribution is -0.157. The van der Waals surface area contributed by atoms with Gasteiger partial charge in [-0.2, -0.15) is 13.2 Å². The molecule has 12 heteroatoms. The van der Waals surface area contributed by atoms with E-state index in [-0.39, 0.29) is 37.2 Å². The maximum absolute atomic E-state index is 12.8. The Bertz CT molecular complexity index is 791. The molecule has 0 aromatic heterocycles. The normalized spacial score (nSPS) is 42.2. The average molecular weight is 419 g/mol. The molecule has 0 aromatic carbocycles. The van der Waals surface area contributed by atoms with Gasteiger partial charge < -0.3 is 9.47 Å². The van der Waals surface area contributed by atoms with Crippen LogP contribution in [0.1, 0.15) is 38.5 Å². The molecular weight excluding hydrogens is 399 g/mol. The Labute approximate surface area is 149 Å². The SMILES string of the molecule is O=S(=O)(NS(=O)(=O)C12CC3CC(CC(OCC4CO4)(C3)C1)C2)C(F)(F)F. The zero-order chi connectivity index (χ0) is 19.0. The van der Waals surface area contributed by atoms with Crippen LogP contribution in [0.15, 0.2) is 0 Å². The number of alkyl halides is 3. The number of ether oxygens (including phenoxy) is 2. The third kappa shape index (κ3) is 3.07. The van der Waals surface area contributed by atoms with Gasteiger partial charge in [0, 0.05) is 0 Å². The summed E-state index contributed by atoms with van der Waals surface area (Å²) in [7, 11) is -10.7. The molecule has 4 saturated carbocycles. The first-order valence-corrected chi connectivity index (χ1v) is 11.4. The zero-order valence-corrected chi connectivity index (χ0v) is 15.4. The van der Waals surface area contributed by atoms with E-state index in [4.69, 9.17) is 9.47 Å². The molecule has 4 bridgehead atoms. The molecule has 5 rings (SSSR count). The van der Waals surface area contributed by atoms with E-state index >= 15 is 0 Å². The van der Waals surface area contributed by atoms with E-state index in [0.717, 1.165) is 10.5 Å². The van der Waals surface area contributed by atoms with E-state index in [1.165, 1.54) is 0 Å². The van der Waals surface area contributed by atoms with E-state index in [9.17, 15) is 30.0 Å². The maximum Gasteiger partial charge on any atom is 0.512 e. The summed E-state index contributed by atoms with van der Waals surface area (Å²) in [6, 6.07) is 0. The Balaban J connectivity index is 1.62. The maximum atomic E-state index is 12.8. The van der Waals surface area contributed by atoms with Gasteiger partial charge in [0.25, 0.3) is 0 Å². The molecule has 1 aliphatic heterocycles. The topological polar surface area (TPSA) is 102 Å². The van der Waals surface area contributed by atoms with Gasteiger partial charge in [-0.05, 0) is 50.4 Å². The summed E-state index contributed by atoms with van der Waals surface area (Å²) in [4.78, 5) is 0. The number of epoxide rings is 1. The quantitative estimate of drug-likeness (QED) is 0.651. The lowest BCUT2D eigenvalue weighted by Gasteiger charge is -2.60. The van der Waals surface area contributed by atoms with E-state index < -0.39 is 35.9 Å². The Morgan fingerprint density at radius 1 is 1.08 bits per heavy atom. The summed E-state index contributed by atoms with van der Waals surface area (Å²) >= 11 is 0. The zero-order valence-electron chi connectivity index (χ0n) is 13.8. The van der Waals surface area contributed by atoms with Gasteiger partial charge in [-0.15, -0.1) is 4.13 Å².